The molecule has 0 atom stereocenters. The lowest BCUT2D eigenvalue weighted by molar-refractivity contribution is 0.0696. The van der Waals surface area contributed by atoms with Gasteiger partial charge in [0.25, 0.3) is 0 Å². The molecule has 2 rings (SSSR count). The van der Waals surface area contributed by atoms with Gasteiger partial charge in [-0.1, -0.05) is 23.2 Å². The fraction of sp³-hybridized carbons (Fsp3) is 0.0714. The van der Waals surface area contributed by atoms with Crippen molar-refractivity contribution in [2.75, 3.05) is 0 Å². The number of rotatable bonds is 3. The molecule has 0 saturated carbocycles. The van der Waals surface area contributed by atoms with E-state index in [1.807, 2.05) is 0 Å². The minimum Gasteiger partial charge on any atom is -0.478 e. The van der Waals surface area contributed by atoms with Gasteiger partial charge in [0.1, 0.15) is 11.5 Å². The Morgan fingerprint density at radius 3 is 2.50 bits per heavy atom. The molecule has 0 saturated heterocycles. The van der Waals surface area contributed by atoms with Crippen LogP contribution in [0.3, 0.4) is 0 Å². The molecule has 1 N–H and O–H groups in total. The molecule has 104 valence electrons. The zero-order valence-electron chi connectivity index (χ0n) is 10.3. The smallest absolute Gasteiger partial charge is 0.335 e. The molecule has 2 aromatic rings. The number of ether oxygens (including phenoxy) is 1. The van der Waals surface area contributed by atoms with Crippen molar-refractivity contribution in [3.8, 4) is 11.5 Å². The van der Waals surface area contributed by atoms with Gasteiger partial charge in [0.15, 0.2) is 0 Å². The minimum atomic E-state index is -0.973. The van der Waals surface area contributed by atoms with Crippen LogP contribution in [0.5, 0.6) is 11.5 Å². The van der Waals surface area contributed by atoms with Gasteiger partial charge in [0, 0.05) is 10.5 Å². The predicted molar refractivity (Wildman–Crippen MR) is 82.4 cm³/mol. The minimum absolute atomic E-state index is 0.234. The maximum Gasteiger partial charge on any atom is 0.335 e. The zero-order chi connectivity index (χ0) is 14.9. The summed E-state index contributed by atoms with van der Waals surface area (Å²) in [6.07, 6.45) is 0. The van der Waals surface area contributed by atoms with Crippen LogP contribution in [0.2, 0.25) is 10.0 Å². The maximum absolute atomic E-state index is 10.9. The summed E-state index contributed by atoms with van der Waals surface area (Å²) < 4.78 is 6.31. The summed E-state index contributed by atoms with van der Waals surface area (Å²) in [7, 11) is 0. The average Bonchev–Trinajstić information content (AvgIpc) is 2.35. The number of carbonyl (C=O) groups is 1. The number of benzene rings is 2. The van der Waals surface area contributed by atoms with Crippen LogP contribution in [-0.4, -0.2) is 11.1 Å². The Kier molecular flexibility index (Phi) is 4.58. The van der Waals surface area contributed by atoms with Gasteiger partial charge in [0.2, 0.25) is 0 Å². The van der Waals surface area contributed by atoms with Crippen molar-refractivity contribution in [2.24, 2.45) is 0 Å². The molecule has 6 heteroatoms. The molecule has 0 bridgehead atoms. The standard InChI is InChI=1S/C14H9BrCl2O3/c1-7-4-8(2-3-9(7)14(18)19)20-13-6-11(16)10(15)5-12(13)17/h2-6H,1H3,(H,18,19). The third-order valence-electron chi connectivity index (χ3n) is 2.63. The Morgan fingerprint density at radius 2 is 1.90 bits per heavy atom. The van der Waals surface area contributed by atoms with E-state index in [0.29, 0.717) is 31.6 Å². The average molecular weight is 376 g/mol. The van der Waals surface area contributed by atoms with E-state index in [-0.39, 0.29) is 5.56 Å². The highest BCUT2D eigenvalue weighted by Gasteiger charge is 2.11. The first kappa shape index (κ1) is 15.2. The van der Waals surface area contributed by atoms with Crippen molar-refractivity contribution in [1.82, 2.24) is 0 Å². The molecule has 0 unspecified atom stereocenters. The summed E-state index contributed by atoms with van der Waals surface area (Å²) in [6, 6.07) is 7.92. The van der Waals surface area contributed by atoms with Gasteiger partial charge in [-0.2, -0.15) is 0 Å². The molecule has 0 aromatic heterocycles. The van der Waals surface area contributed by atoms with Crippen LogP contribution in [0.1, 0.15) is 15.9 Å². The molecular formula is C14H9BrCl2O3. The normalized spacial score (nSPS) is 10.4. The Hall–Kier alpha value is -1.23. The molecule has 20 heavy (non-hydrogen) atoms. The predicted octanol–water partition coefficient (Wildman–Crippen LogP) is 5.55. The quantitative estimate of drug-likeness (QED) is 0.714. The first-order valence-electron chi connectivity index (χ1n) is 5.55. The lowest BCUT2D eigenvalue weighted by atomic mass is 10.1. The third kappa shape index (κ3) is 3.26. The van der Waals surface area contributed by atoms with E-state index in [1.165, 1.54) is 6.07 Å². The second kappa shape index (κ2) is 6.04. The van der Waals surface area contributed by atoms with E-state index in [1.54, 1.807) is 31.2 Å². The number of halogens is 3. The fourth-order valence-electron chi connectivity index (χ4n) is 1.65. The van der Waals surface area contributed by atoms with Crippen molar-refractivity contribution in [2.45, 2.75) is 6.92 Å². The largest absolute Gasteiger partial charge is 0.478 e. The van der Waals surface area contributed by atoms with Gasteiger partial charge in [-0.25, -0.2) is 4.79 Å². The molecule has 0 amide bonds. The number of carboxylic acids is 1. The van der Waals surface area contributed by atoms with Crippen LogP contribution in [0.4, 0.5) is 0 Å². The summed E-state index contributed by atoms with van der Waals surface area (Å²) in [5.74, 6) is -0.0751. The van der Waals surface area contributed by atoms with E-state index >= 15 is 0 Å². The molecule has 0 spiro atoms. The monoisotopic (exact) mass is 374 g/mol. The summed E-state index contributed by atoms with van der Waals surface area (Å²) in [5.41, 5.74) is 0.839. The van der Waals surface area contributed by atoms with Crippen molar-refractivity contribution < 1.29 is 14.6 Å². The van der Waals surface area contributed by atoms with Crippen molar-refractivity contribution in [1.29, 1.82) is 0 Å². The van der Waals surface area contributed by atoms with Crippen molar-refractivity contribution in [3.05, 3.63) is 56.0 Å². The van der Waals surface area contributed by atoms with Crippen LogP contribution in [-0.2, 0) is 0 Å². The van der Waals surface area contributed by atoms with Crippen LogP contribution >= 0.6 is 39.1 Å². The molecule has 0 heterocycles. The van der Waals surface area contributed by atoms with Gasteiger partial charge in [-0.05, 0) is 52.7 Å². The molecule has 0 fully saturated rings. The van der Waals surface area contributed by atoms with E-state index in [4.69, 9.17) is 33.0 Å². The molecule has 0 aliphatic heterocycles. The van der Waals surface area contributed by atoms with Gasteiger partial charge in [-0.15, -0.1) is 0 Å². The lowest BCUT2D eigenvalue weighted by Crippen LogP contribution is -1.99. The number of aromatic carboxylic acids is 1. The highest BCUT2D eigenvalue weighted by atomic mass is 79.9. The molecule has 0 aliphatic rings. The second-order valence-electron chi connectivity index (χ2n) is 4.08. The third-order valence-corrected chi connectivity index (χ3v) is 4.12. The molecular weight excluding hydrogens is 367 g/mol. The number of aryl methyl sites for hydroxylation is 1. The van der Waals surface area contributed by atoms with Crippen LogP contribution < -0.4 is 4.74 Å². The lowest BCUT2D eigenvalue weighted by Gasteiger charge is -2.10. The van der Waals surface area contributed by atoms with Gasteiger partial charge in [0.05, 0.1) is 15.6 Å². The highest BCUT2D eigenvalue weighted by Crippen LogP contribution is 2.36. The Balaban J connectivity index is 2.33. The number of carboxylic acid groups (broad SMARTS) is 1. The van der Waals surface area contributed by atoms with E-state index in [0.717, 1.165) is 0 Å². The fourth-order valence-corrected chi connectivity index (χ4v) is 2.48. The van der Waals surface area contributed by atoms with E-state index < -0.39 is 5.97 Å². The Bertz CT molecular complexity index is 686. The first-order valence-corrected chi connectivity index (χ1v) is 7.09. The van der Waals surface area contributed by atoms with Crippen molar-refractivity contribution in [3.63, 3.8) is 0 Å². The van der Waals surface area contributed by atoms with Crippen LogP contribution in [0, 0.1) is 6.92 Å². The number of hydrogen-bond donors (Lipinski definition) is 1. The van der Waals surface area contributed by atoms with Gasteiger partial charge in [-0.3, -0.25) is 0 Å². The maximum atomic E-state index is 10.9. The SMILES string of the molecule is Cc1cc(Oc2cc(Cl)c(Br)cc2Cl)ccc1C(=O)O. The van der Waals surface area contributed by atoms with Crippen molar-refractivity contribution >= 4 is 45.1 Å². The summed E-state index contributed by atoms with van der Waals surface area (Å²) >= 11 is 15.3. The van der Waals surface area contributed by atoms with Crippen LogP contribution in [0.15, 0.2) is 34.8 Å². The summed E-state index contributed by atoms with van der Waals surface area (Å²) in [6.45, 7) is 1.70. The number of hydrogen-bond acceptors (Lipinski definition) is 2. The second-order valence-corrected chi connectivity index (χ2v) is 5.75. The highest BCUT2D eigenvalue weighted by molar-refractivity contribution is 9.10. The van der Waals surface area contributed by atoms with Gasteiger partial charge >= 0.3 is 5.97 Å². The van der Waals surface area contributed by atoms with Gasteiger partial charge < -0.3 is 9.84 Å². The topological polar surface area (TPSA) is 46.5 Å². The summed E-state index contributed by atoms with van der Waals surface area (Å²) in [5, 5.41) is 9.85. The molecule has 3 nitrogen and oxygen atoms in total. The first-order chi connectivity index (χ1) is 9.38. The van der Waals surface area contributed by atoms with E-state index in [2.05, 4.69) is 15.9 Å². The molecule has 2 aromatic carbocycles. The molecule has 0 aliphatic carbocycles. The van der Waals surface area contributed by atoms with E-state index in [9.17, 15) is 4.79 Å². The Labute approximate surface area is 134 Å². The Morgan fingerprint density at radius 1 is 1.20 bits per heavy atom. The zero-order valence-corrected chi connectivity index (χ0v) is 13.4. The summed E-state index contributed by atoms with van der Waals surface area (Å²) in [4.78, 5) is 10.9. The van der Waals surface area contributed by atoms with Crippen LogP contribution in [0.25, 0.3) is 0 Å². The molecule has 0 radical (unpaired) electrons.